The molecule has 6 heteroatoms. The highest BCUT2D eigenvalue weighted by Crippen LogP contribution is 2.24. The average Bonchev–Trinajstić information content (AvgIpc) is 3.10. The number of hydrogen-bond donors (Lipinski definition) is 1. The van der Waals surface area contributed by atoms with Crippen LogP contribution < -0.4 is 0 Å². The Hall–Kier alpha value is -3.41. The molecule has 1 aromatic heterocycles. The van der Waals surface area contributed by atoms with E-state index in [1.165, 1.54) is 12.1 Å². The summed E-state index contributed by atoms with van der Waals surface area (Å²) in [4.78, 5) is 44.7. The summed E-state index contributed by atoms with van der Waals surface area (Å²) in [7, 11) is 0. The fourth-order valence-corrected chi connectivity index (χ4v) is 2.74. The van der Waals surface area contributed by atoms with E-state index >= 15 is 0 Å². The van der Waals surface area contributed by atoms with Gasteiger partial charge in [-0.3, -0.25) is 9.59 Å². The summed E-state index contributed by atoms with van der Waals surface area (Å²) < 4.78 is 0. The van der Waals surface area contributed by atoms with Gasteiger partial charge in [0.1, 0.15) is 5.69 Å². The van der Waals surface area contributed by atoms with E-state index in [0.717, 1.165) is 16.5 Å². The maximum absolute atomic E-state index is 12.3. The summed E-state index contributed by atoms with van der Waals surface area (Å²) >= 11 is 0. The minimum Gasteiger partial charge on any atom is -0.349 e. The van der Waals surface area contributed by atoms with Crippen LogP contribution in [0.1, 0.15) is 36.8 Å². The number of aromatic amines is 1. The Kier molecular flexibility index (Phi) is 2.99. The van der Waals surface area contributed by atoms with Crippen LogP contribution in [0.4, 0.5) is 0 Å². The Bertz CT molecular complexity index is 984. The third-order valence-corrected chi connectivity index (χ3v) is 3.93. The number of H-pyrrole nitrogens is 1. The minimum absolute atomic E-state index is 0.173. The van der Waals surface area contributed by atoms with Crippen LogP contribution in [0.3, 0.4) is 0 Å². The maximum atomic E-state index is 12.3. The smallest absolute Gasteiger partial charge is 0.349 e. The lowest BCUT2D eigenvalue weighted by molar-refractivity contribution is -0.0587. The van der Waals surface area contributed by atoms with Gasteiger partial charge in [0.15, 0.2) is 0 Å². The van der Waals surface area contributed by atoms with Crippen molar-refractivity contribution >= 4 is 28.7 Å². The highest BCUT2D eigenvalue weighted by molar-refractivity contribution is 6.21. The lowest BCUT2D eigenvalue weighted by Crippen LogP contribution is -2.32. The molecule has 0 aliphatic carbocycles. The number of aromatic nitrogens is 1. The first-order valence-corrected chi connectivity index (χ1v) is 7.34. The molecule has 3 aromatic rings. The summed E-state index contributed by atoms with van der Waals surface area (Å²) in [6.45, 7) is 1.95. The first kappa shape index (κ1) is 14.2. The van der Waals surface area contributed by atoms with Crippen LogP contribution in [0.2, 0.25) is 0 Å². The van der Waals surface area contributed by atoms with Crippen LogP contribution in [0, 0.1) is 6.92 Å². The van der Waals surface area contributed by atoms with Gasteiger partial charge in [-0.15, -0.1) is 0 Å². The van der Waals surface area contributed by atoms with E-state index in [9.17, 15) is 14.4 Å². The average molecular weight is 320 g/mol. The van der Waals surface area contributed by atoms with Gasteiger partial charge in [-0.1, -0.05) is 28.8 Å². The number of aryl methyl sites for hydroxylation is 1. The van der Waals surface area contributed by atoms with E-state index < -0.39 is 17.8 Å². The zero-order valence-corrected chi connectivity index (χ0v) is 12.7. The van der Waals surface area contributed by atoms with Gasteiger partial charge in [-0.2, -0.15) is 0 Å². The van der Waals surface area contributed by atoms with Crippen molar-refractivity contribution in [3.05, 3.63) is 70.9 Å². The van der Waals surface area contributed by atoms with E-state index in [-0.39, 0.29) is 16.8 Å². The third kappa shape index (κ3) is 2.08. The second-order valence-electron chi connectivity index (χ2n) is 5.60. The molecular weight excluding hydrogens is 308 g/mol. The molecule has 0 bridgehead atoms. The molecule has 6 nitrogen and oxygen atoms in total. The van der Waals surface area contributed by atoms with E-state index in [2.05, 4.69) is 4.98 Å². The fourth-order valence-electron chi connectivity index (χ4n) is 2.74. The molecule has 4 rings (SSSR count). The van der Waals surface area contributed by atoms with Crippen molar-refractivity contribution in [2.75, 3.05) is 0 Å². The number of rotatable bonds is 2. The molecule has 0 atom stereocenters. The lowest BCUT2D eigenvalue weighted by Gasteiger charge is -2.11. The van der Waals surface area contributed by atoms with E-state index in [0.29, 0.717) is 5.06 Å². The monoisotopic (exact) mass is 320 g/mol. The first-order valence-electron chi connectivity index (χ1n) is 7.34. The Labute approximate surface area is 136 Å². The van der Waals surface area contributed by atoms with Gasteiger partial charge in [0.05, 0.1) is 11.1 Å². The van der Waals surface area contributed by atoms with Crippen molar-refractivity contribution in [3.8, 4) is 0 Å². The molecule has 2 heterocycles. The van der Waals surface area contributed by atoms with Crippen molar-refractivity contribution in [2.45, 2.75) is 6.92 Å². The molecule has 1 aliphatic heterocycles. The molecule has 118 valence electrons. The lowest BCUT2D eigenvalue weighted by atomic mass is 10.1. The van der Waals surface area contributed by atoms with Crippen molar-refractivity contribution in [2.24, 2.45) is 0 Å². The SMILES string of the molecule is Cc1ccc2[nH]c(C(=O)ON3C(=O)c4ccccc4C3=O)cc2c1. The molecular formula is C18H12N2O4. The zero-order chi connectivity index (χ0) is 16.8. The normalized spacial score (nSPS) is 13.5. The predicted molar refractivity (Wildman–Crippen MR) is 85.4 cm³/mol. The van der Waals surface area contributed by atoms with Crippen LogP contribution in [0.15, 0.2) is 48.5 Å². The summed E-state index contributed by atoms with van der Waals surface area (Å²) in [5.74, 6) is -2.08. The Morgan fingerprint density at radius 2 is 1.67 bits per heavy atom. The summed E-state index contributed by atoms with van der Waals surface area (Å²) in [5, 5.41) is 1.35. The van der Waals surface area contributed by atoms with Gasteiger partial charge >= 0.3 is 5.97 Å². The number of carbonyl (C=O) groups is 3. The molecule has 2 amide bonds. The number of carbonyl (C=O) groups excluding carboxylic acids is 3. The van der Waals surface area contributed by atoms with Gasteiger partial charge in [0, 0.05) is 10.9 Å². The third-order valence-electron chi connectivity index (χ3n) is 3.93. The first-order chi connectivity index (χ1) is 11.5. The molecule has 1 aliphatic rings. The maximum Gasteiger partial charge on any atom is 0.380 e. The molecule has 0 spiro atoms. The minimum atomic E-state index is -0.793. The number of benzene rings is 2. The highest BCUT2D eigenvalue weighted by atomic mass is 16.7. The van der Waals surface area contributed by atoms with Gasteiger partial charge in [0.25, 0.3) is 11.8 Å². The number of hydrogen-bond acceptors (Lipinski definition) is 4. The predicted octanol–water partition coefficient (Wildman–Crippen LogP) is 2.84. The quantitative estimate of drug-likeness (QED) is 0.736. The van der Waals surface area contributed by atoms with Gasteiger partial charge in [-0.25, -0.2) is 4.79 Å². The number of nitrogens with zero attached hydrogens (tertiary/aromatic N) is 1. The van der Waals surface area contributed by atoms with Crippen molar-refractivity contribution in [1.82, 2.24) is 10.0 Å². The van der Waals surface area contributed by atoms with Crippen LogP contribution in [-0.4, -0.2) is 27.8 Å². The largest absolute Gasteiger partial charge is 0.380 e. The van der Waals surface area contributed by atoms with Crippen LogP contribution in [0.5, 0.6) is 0 Å². The number of amides is 2. The number of hydroxylamine groups is 2. The van der Waals surface area contributed by atoms with Crippen molar-refractivity contribution in [3.63, 3.8) is 0 Å². The summed E-state index contributed by atoms with van der Waals surface area (Å²) in [6, 6.07) is 13.7. The van der Waals surface area contributed by atoms with Crippen LogP contribution >= 0.6 is 0 Å². The molecule has 0 saturated carbocycles. The molecule has 2 aromatic carbocycles. The number of nitrogens with one attached hydrogen (secondary N) is 1. The van der Waals surface area contributed by atoms with Crippen molar-refractivity contribution in [1.29, 1.82) is 0 Å². The molecule has 24 heavy (non-hydrogen) atoms. The molecule has 0 unspecified atom stereocenters. The Morgan fingerprint density at radius 3 is 2.33 bits per heavy atom. The highest BCUT2D eigenvalue weighted by Gasteiger charge is 2.38. The molecule has 1 N–H and O–H groups in total. The van der Waals surface area contributed by atoms with E-state index in [1.54, 1.807) is 18.2 Å². The van der Waals surface area contributed by atoms with Gasteiger partial charge in [0.2, 0.25) is 0 Å². The van der Waals surface area contributed by atoms with Crippen LogP contribution in [-0.2, 0) is 4.84 Å². The van der Waals surface area contributed by atoms with Gasteiger partial charge < -0.3 is 9.82 Å². The topological polar surface area (TPSA) is 79.5 Å². The molecule has 0 radical (unpaired) electrons. The zero-order valence-electron chi connectivity index (χ0n) is 12.7. The van der Waals surface area contributed by atoms with E-state index in [1.807, 2.05) is 25.1 Å². The van der Waals surface area contributed by atoms with E-state index in [4.69, 9.17) is 4.84 Å². The number of imide groups is 1. The second-order valence-corrected chi connectivity index (χ2v) is 5.60. The second kappa shape index (κ2) is 5.06. The number of fused-ring (bicyclic) bond motifs is 2. The summed E-state index contributed by atoms with van der Waals surface area (Å²) in [6.07, 6.45) is 0. The molecule has 0 fully saturated rings. The summed E-state index contributed by atoms with van der Waals surface area (Å²) in [5.41, 5.74) is 2.45. The Balaban J connectivity index is 1.62. The van der Waals surface area contributed by atoms with Crippen molar-refractivity contribution < 1.29 is 19.2 Å². The standard InChI is InChI=1S/C18H12N2O4/c1-10-6-7-14-11(8-10)9-15(19-14)18(23)24-20-16(21)12-4-2-3-5-13(12)17(20)22/h2-9,19H,1H3. The van der Waals surface area contributed by atoms with Gasteiger partial charge in [-0.05, 0) is 37.3 Å². The molecule has 0 saturated heterocycles. The van der Waals surface area contributed by atoms with Crippen LogP contribution in [0.25, 0.3) is 10.9 Å². The fraction of sp³-hybridized carbons (Fsp3) is 0.0556. The Morgan fingerprint density at radius 1 is 1.00 bits per heavy atom.